The molecule has 2 aromatic rings. The number of hydrogen-bond acceptors (Lipinski definition) is 3. The van der Waals surface area contributed by atoms with E-state index in [4.69, 9.17) is 4.42 Å². The van der Waals surface area contributed by atoms with E-state index in [0.717, 1.165) is 11.8 Å². The standard InChI is InChI=1S/C10H6BrF2NOS/c11-7-1-2-8(12)6(9(7)13)5-16-10-14-3-4-15-10/h1-4H,5H2. The zero-order valence-electron chi connectivity index (χ0n) is 7.91. The van der Waals surface area contributed by atoms with Crippen molar-refractivity contribution in [1.29, 1.82) is 0 Å². The van der Waals surface area contributed by atoms with Crippen LogP contribution in [-0.2, 0) is 5.75 Å². The summed E-state index contributed by atoms with van der Waals surface area (Å²) in [5.41, 5.74) is 0.0116. The molecule has 1 aromatic heterocycles. The third-order valence-corrected chi connectivity index (χ3v) is 3.38. The molecule has 0 aliphatic rings. The summed E-state index contributed by atoms with van der Waals surface area (Å²) in [5.74, 6) is -1.02. The lowest BCUT2D eigenvalue weighted by atomic mass is 10.2. The van der Waals surface area contributed by atoms with E-state index in [2.05, 4.69) is 20.9 Å². The zero-order valence-corrected chi connectivity index (χ0v) is 10.3. The predicted molar refractivity (Wildman–Crippen MR) is 60.1 cm³/mol. The van der Waals surface area contributed by atoms with Gasteiger partial charge in [-0.2, -0.15) is 0 Å². The lowest BCUT2D eigenvalue weighted by molar-refractivity contribution is 0.454. The van der Waals surface area contributed by atoms with Gasteiger partial charge >= 0.3 is 0 Å². The van der Waals surface area contributed by atoms with E-state index in [9.17, 15) is 8.78 Å². The number of benzene rings is 1. The first-order valence-electron chi connectivity index (χ1n) is 4.33. The van der Waals surface area contributed by atoms with Gasteiger partial charge in [-0.05, 0) is 28.1 Å². The average Bonchev–Trinajstić information content (AvgIpc) is 2.77. The Morgan fingerprint density at radius 1 is 1.38 bits per heavy atom. The molecule has 1 aromatic carbocycles. The van der Waals surface area contributed by atoms with Gasteiger partial charge in [0.05, 0.1) is 10.7 Å². The smallest absolute Gasteiger partial charge is 0.255 e. The Balaban J connectivity index is 2.18. The lowest BCUT2D eigenvalue weighted by Crippen LogP contribution is -1.94. The fraction of sp³-hybridized carbons (Fsp3) is 0.100. The minimum atomic E-state index is -0.584. The van der Waals surface area contributed by atoms with Gasteiger partial charge in [-0.15, -0.1) is 0 Å². The maximum Gasteiger partial charge on any atom is 0.255 e. The van der Waals surface area contributed by atoms with Crippen LogP contribution in [-0.4, -0.2) is 4.98 Å². The van der Waals surface area contributed by atoms with Crippen molar-refractivity contribution in [3.8, 4) is 0 Å². The van der Waals surface area contributed by atoms with Crippen molar-refractivity contribution in [3.63, 3.8) is 0 Å². The highest BCUT2D eigenvalue weighted by Crippen LogP contribution is 2.27. The molecular formula is C10H6BrF2NOS. The second-order valence-corrected chi connectivity index (χ2v) is 4.69. The normalized spacial score (nSPS) is 10.7. The minimum Gasteiger partial charge on any atom is -0.440 e. The molecule has 0 fully saturated rings. The van der Waals surface area contributed by atoms with E-state index in [-0.39, 0.29) is 15.8 Å². The van der Waals surface area contributed by atoms with Gasteiger partial charge in [-0.25, -0.2) is 13.8 Å². The van der Waals surface area contributed by atoms with Gasteiger partial charge in [0.1, 0.15) is 17.9 Å². The Kier molecular flexibility index (Phi) is 3.60. The van der Waals surface area contributed by atoms with Gasteiger partial charge in [0.25, 0.3) is 5.22 Å². The van der Waals surface area contributed by atoms with E-state index >= 15 is 0 Å². The van der Waals surface area contributed by atoms with Crippen molar-refractivity contribution in [2.24, 2.45) is 0 Å². The molecule has 0 spiro atoms. The third kappa shape index (κ3) is 2.44. The molecule has 0 radical (unpaired) electrons. The zero-order chi connectivity index (χ0) is 11.5. The van der Waals surface area contributed by atoms with Crippen LogP contribution in [0.1, 0.15) is 5.56 Å². The summed E-state index contributed by atoms with van der Waals surface area (Å²) in [6, 6.07) is 2.56. The fourth-order valence-electron chi connectivity index (χ4n) is 1.12. The number of nitrogens with zero attached hydrogens (tertiary/aromatic N) is 1. The average molecular weight is 306 g/mol. The van der Waals surface area contributed by atoms with Crippen LogP contribution in [0.25, 0.3) is 0 Å². The molecule has 0 unspecified atom stereocenters. The Labute approximate surface area is 103 Å². The van der Waals surface area contributed by atoms with Gasteiger partial charge in [0.15, 0.2) is 0 Å². The van der Waals surface area contributed by atoms with E-state index in [1.807, 2.05) is 0 Å². The summed E-state index contributed by atoms with van der Waals surface area (Å²) < 4.78 is 32.1. The van der Waals surface area contributed by atoms with Gasteiger partial charge in [0.2, 0.25) is 0 Å². The SMILES string of the molecule is Fc1ccc(Br)c(F)c1CSc1ncco1. The summed E-state index contributed by atoms with van der Waals surface area (Å²) in [6.45, 7) is 0. The molecule has 0 atom stereocenters. The molecule has 0 aliphatic carbocycles. The second-order valence-electron chi connectivity index (χ2n) is 2.91. The molecule has 0 bridgehead atoms. The fourth-order valence-corrected chi connectivity index (χ4v) is 2.28. The van der Waals surface area contributed by atoms with Crippen LogP contribution in [0, 0.1) is 11.6 Å². The predicted octanol–water partition coefficient (Wildman–Crippen LogP) is 4.01. The summed E-state index contributed by atoms with van der Waals surface area (Å²) in [7, 11) is 0. The minimum absolute atomic E-state index is 0.0116. The topological polar surface area (TPSA) is 26.0 Å². The van der Waals surface area contributed by atoms with Crippen LogP contribution in [0.2, 0.25) is 0 Å². The Morgan fingerprint density at radius 3 is 2.88 bits per heavy atom. The van der Waals surface area contributed by atoms with E-state index < -0.39 is 11.6 Å². The van der Waals surface area contributed by atoms with Crippen molar-refractivity contribution in [2.45, 2.75) is 11.0 Å². The lowest BCUT2D eigenvalue weighted by Gasteiger charge is -2.04. The molecule has 0 saturated carbocycles. The first-order chi connectivity index (χ1) is 7.68. The van der Waals surface area contributed by atoms with E-state index in [0.29, 0.717) is 5.22 Å². The quantitative estimate of drug-likeness (QED) is 0.633. The van der Waals surface area contributed by atoms with Crippen LogP contribution in [0.5, 0.6) is 0 Å². The van der Waals surface area contributed by atoms with Crippen molar-refractivity contribution >= 4 is 27.7 Å². The highest BCUT2D eigenvalue weighted by Gasteiger charge is 2.13. The van der Waals surface area contributed by atoms with Crippen LogP contribution in [0.15, 0.2) is 38.7 Å². The maximum atomic E-state index is 13.5. The number of hydrogen-bond donors (Lipinski definition) is 0. The van der Waals surface area contributed by atoms with Crippen molar-refractivity contribution in [1.82, 2.24) is 4.98 Å². The van der Waals surface area contributed by atoms with Gasteiger partial charge in [-0.3, -0.25) is 0 Å². The molecule has 16 heavy (non-hydrogen) atoms. The molecular weight excluding hydrogens is 300 g/mol. The van der Waals surface area contributed by atoms with E-state index in [1.165, 1.54) is 24.6 Å². The van der Waals surface area contributed by atoms with Crippen molar-refractivity contribution in [2.75, 3.05) is 0 Å². The molecule has 1 heterocycles. The van der Waals surface area contributed by atoms with Crippen molar-refractivity contribution < 1.29 is 13.2 Å². The molecule has 0 aliphatic heterocycles. The number of aromatic nitrogens is 1. The highest BCUT2D eigenvalue weighted by molar-refractivity contribution is 9.10. The number of halogens is 3. The summed E-state index contributed by atoms with van der Waals surface area (Å²) in [5, 5.41) is 0.388. The third-order valence-electron chi connectivity index (χ3n) is 1.89. The summed E-state index contributed by atoms with van der Waals surface area (Å²) in [6.07, 6.45) is 2.89. The molecule has 2 rings (SSSR count). The van der Waals surface area contributed by atoms with E-state index in [1.54, 1.807) is 0 Å². The van der Waals surface area contributed by atoms with Crippen LogP contribution in [0.3, 0.4) is 0 Å². The number of rotatable bonds is 3. The van der Waals surface area contributed by atoms with Crippen LogP contribution < -0.4 is 0 Å². The monoisotopic (exact) mass is 305 g/mol. The number of thioether (sulfide) groups is 1. The molecule has 0 saturated heterocycles. The second kappa shape index (κ2) is 4.97. The highest BCUT2D eigenvalue weighted by atomic mass is 79.9. The summed E-state index contributed by atoms with van der Waals surface area (Å²) in [4.78, 5) is 3.85. The Morgan fingerprint density at radius 2 is 2.19 bits per heavy atom. The van der Waals surface area contributed by atoms with Crippen LogP contribution >= 0.6 is 27.7 Å². The molecule has 2 nitrogen and oxygen atoms in total. The molecule has 0 N–H and O–H groups in total. The van der Waals surface area contributed by atoms with Gasteiger partial charge < -0.3 is 4.42 Å². The Bertz CT molecular complexity index is 490. The summed E-state index contributed by atoms with van der Waals surface area (Å²) >= 11 is 4.15. The van der Waals surface area contributed by atoms with Crippen LogP contribution in [0.4, 0.5) is 8.78 Å². The molecule has 6 heteroatoms. The van der Waals surface area contributed by atoms with Gasteiger partial charge in [-0.1, -0.05) is 11.8 Å². The first kappa shape index (κ1) is 11.6. The molecule has 84 valence electrons. The molecule has 0 amide bonds. The Hall–Kier alpha value is -0.880. The van der Waals surface area contributed by atoms with Crippen molar-refractivity contribution in [3.05, 3.63) is 46.3 Å². The maximum absolute atomic E-state index is 13.5. The first-order valence-corrected chi connectivity index (χ1v) is 6.11. The number of oxazole rings is 1. The van der Waals surface area contributed by atoms with Gasteiger partial charge in [0, 0.05) is 11.3 Å². The largest absolute Gasteiger partial charge is 0.440 e.